The van der Waals surface area contributed by atoms with Crippen molar-refractivity contribution in [1.29, 1.82) is 0 Å². The zero-order chi connectivity index (χ0) is 15.3. The number of aryl methyl sites for hydroxylation is 1. The molecule has 0 amide bonds. The quantitative estimate of drug-likeness (QED) is 0.846. The number of benzene rings is 1. The molecule has 0 fully saturated rings. The molecule has 0 saturated heterocycles. The van der Waals surface area contributed by atoms with Crippen LogP contribution in [0, 0.1) is 5.92 Å². The summed E-state index contributed by atoms with van der Waals surface area (Å²) in [5, 5.41) is 11.7. The highest BCUT2D eigenvalue weighted by Crippen LogP contribution is 2.38. The average molecular weight is 304 g/mol. The van der Waals surface area contributed by atoms with Gasteiger partial charge in [-0.1, -0.05) is 49.7 Å². The van der Waals surface area contributed by atoms with Gasteiger partial charge in [0.2, 0.25) is 0 Å². The van der Waals surface area contributed by atoms with E-state index in [2.05, 4.69) is 4.98 Å². The van der Waals surface area contributed by atoms with Crippen LogP contribution in [0.2, 0.25) is 5.02 Å². The molecule has 112 valence electrons. The Morgan fingerprint density at radius 3 is 2.48 bits per heavy atom. The highest BCUT2D eigenvalue weighted by atomic mass is 35.5. The second-order valence-electron chi connectivity index (χ2n) is 5.73. The predicted molar refractivity (Wildman–Crippen MR) is 87.4 cm³/mol. The third-order valence-electron chi connectivity index (χ3n) is 4.01. The van der Waals surface area contributed by atoms with Gasteiger partial charge >= 0.3 is 0 Å². The molecule has 2 aromatic rings. The third kappa shape index (κ3) is 3.84. The molecule has 0 aliphatic carbocycles. The Labute approximate surface area is 131 Å². The van der Waals surface area contributed by atoms with Crippen molar-refractivity contribution in [2.75, 3.05) is 0 Å². The fourth-order valence-electron chi connectivity index (χ4n) is 2.63. The molecule has 0 saturated carbocycles. The van der Waals surface area contributed by atoms with Gasteiger partial charge in [-0.3, -0.25) is 4.98 Å². The smallest absolute Gasteiger partial charge is 0.0933 e. The maximum Gasteiger partial charge on any atom is 0.0933 e. The van der Waals surface area contributed by atoms with Gasteiger partial charge < -0.3 is 5.11 Å². The topological polar surface area (TPSA) is 33.1 Å². The van der Waals surface area contributed by atoms with Gasteiger partial charge in [0.05, 0.1) is 5.60 Å². The number of hydrogen-bond donors (Lipinski definition) is 1. The number of aliphatic hydroxyl groups is 1. The first-order valence-electron chi connectivity index (χ1n) is 7.41. The molecule has 0 bridgehead atoms. The highest BCUT2D eigenvalue weighted by Gasteiger charge is 2.34. The van der Waals surface area contributed by atoms with Crippen LogP contribution >= 0.6 is 11.6 Å². The van der Waals surface area contributed by atoms with Crippen LogP contribution in [0.5, 0.6) is 0 Å². The summed E-state index contributed by atoms with van der Waals surface area (Å²) in [5.74, 6) is 0.0983. The van der Waals surface area contributed by atoms with Crippen molar-refractivity contribution < 1.29 is 5.11 Å². The minimum absolute atomic E-state index is 0.0983. The van der Waals surface area contributed by atoms with Crippen LogP contribution in [0.15, 0.2) is 48.7 Å². The summed E-state index contributed by atoms with van der Waals surface area (Å²) in [4.78, 5) is 4.33. The van der Waals surface area contributed by atoms with Crippen molar-refractivity contribution in [3.8, 4) is 0 Å². The molecule has 2 nitrogen and oxygen atoms in total. The van der Waals surface area contributed by atoms with E-state index in [-0.39, 0.29) is 5.92 Å². The molecular formula is C18H22ClNO. The maximum absolute atomic E-state index is 11.1. The SMILES string of the molecule is CC(C)[C@](O)(CCCc1ccccn1)c1ccccc1Cl. The van der Waals surface area contributed by atoms with Gasteiger partial charge in [0.15, 0.2) is 0 Å². The number of aromatic nitrogens is 1. The summed E-state index contributed by atoms with van der Waals surface area (Å²) >= 11 is 6.28. The third-order valence-corrected chi connectivity index (χ3v) is 4.34. The van der Waals surface area contributed by atoms with E-state index in [0.29, 0.717) is 11.4 Å². The van der Waals surface area contributed by atoms with Crippen LogP contribution in [0.1, 0.15) is 37.9 Å². The molecule has 0 aliphatic rings. The zero-order valence-electron chi connectivity index (χ0n) is 12.6. The van der Waals surface area contributed by atoms with Crippen molar-refractivity contribution in [3.63, 3.8) is 0 Å². The Balaban J connectivity index is 2.10. The van der Waals surface area contributed by atoms with Crippen LogP contribution in [0.25, 0.3) is 0 Å². The van der Waals surface area contributed by atoms with Crippen LogP contribution in [-0.2, 0) is 12.0 Å². The monoisotopic (exact) mass is 303 g/mol. The van der Waals surface area contributed by atoms with Crippen molar-refractivity contribution in [2.45, 2.75) is 38.7 Å². The van der Waals surface area contributed by atoms with Crippen LogP contribution in [0.4, 0.5) is 0 Å². The molecule has 1 aromatic heterocycles. The molecule has 0 radical (unpaired) electrons. The minimum atomic E-state index is -0.896. The Hall–Kier alpha value is -1.38. The van der Waals surface area contributed by atoms with E-state index in [0.717, 1.165) is 24.1 Å². The van der Waals surface area contributed by atoms with Gasteiger partial charge in [-0.05, 0) is 43.4 Å². The summed E-state index contributed by atoms with van der Waals surface area (Å²) in [6, 6.07) is 13.5. The minimum Gasteiger partial charge on any atom is -0.385 e. The second kappa shape index (κ2) is 7.06. The first-order valence-corrected chi connectivity index (χ1v) is 7.79. The van der Waals surface area contributed by atoms with Gasteiger partial charge in [0.1, 0.15) is 0 Å². The number of rotatable bonds is 6. The van der Waals surface area contributed by atoms with Gasteiger partial charge in [-0.2, -0.15) is 0 Å². The standard InChI is InChI=1S/C18H22ClNO/c1-14(2)18(21,16-10-3-4-11-17(16)19)12-7-9-15-8-5-6-13-20-15/h3-6,8,10-11,13-14,21H,7,9,12H2,1-2H3/t18-/m1/s1. The number of pyridine rings is 1. The second-order valence-corrected chi connectivity index (χ2v) is 6.14. The maximum atomic E-state index is 11.1. The molecule has 1 N–H and O–H groups in total. The van der Waals surface area contributed by atoms with Gasteiger partial charge in [0, 0.05) is 22.5 Å². The van der Waals surface area contributed by atoms with Gasteiger partial charge in [-0.15, -0.1) is 0 Å². The van der Waals surface area contributed by atoms with E-state index < -0.39 is 5.60 Å². The summed E-state index contributed by atoms with van der Waals surface area (Å²) in [5.41, 5.74) is 0.984. The van der Waals surface area contributed by atoms with Crippen molar-refractivity contribution in [2.24, 2.45) is 5.92 Å². The Morgan fingerprint density at radius 1 is 1.14 bits per heavy atom. The predicted octanol–water partition coefficient (Wildman–Crippen LogP) is 4.60. The molecule has 1 heterocycles. The van der Waals surface area contributed by atoms with Crippen LogP contribution in [0.3, 0.4) is 0 Å². The summed E-state index contributed by atoms with van der Waals surface area (Å²) in [7, 11) is 0. The van der Waals surface area contributed by atoms with Crippen LogP contribution < -0.4 is 0 Å². The molecule has 3 heteroatoms. The van der Waals surface area contributed by atoms with E-state index >= 15 is 0 Å². The van der Waals surface area contributed by atoms with E-state index in [9.17, 15) is 5.11 Å². The van der Waals surface area contributed by atoms with E-state index in [4.69, 9.17) is 11.6 Å². The molecule has 21 heavy (non-hydrogen) atoms. The van der Waals surface area contributed by atoms with E-state index in [1.807, 2.05) is 56.3 Å². The highest BCUT2D eigenvalue weighted by molar-refractivity contribution is 6.31. The number of halogens is 1. The van der Waals surface area contributed by atoms with Crippen LogP contribution in [-0.4, -0.2) is 10.1 Å². The summed E-state index contributed by atoms with van der Waals surface area (Å²) in [6.07, 6.45) is 4.21. The van der Waals surface area contributed by atoms with Gasteiger partial charge in [0.25, 0.3) is 0 Å². The van der Waals surface area contributed by atoms with E-state index in [1.165, 1.54) is 0 Å². The van der Waals surface area contributed by atoms with Crippen molar-refractivity contribution in [3.05, 3.63) is 64.9 Å². The Morgan fingerprint density at radius 2 is 1.86 bits per heavy atom. The van der Waals surface area contributed by atoms with Gasteiger partial charge in [-0.25, -0.2) is 0 Å². The lowest BCUT2D eigenvalue weighted by Gasteiger charge is -2.33. The first-order chi connectivity index (χ1) is 10.0. The lowest BCUT2D eigenvalue weighted by atomic mass is 9.79. The number of hydrogen-bond acceptors (Lipinski definition) is 2. The summed E-state index contributed by atoms with van der Waals surface area (Å²) in [6.45, 7) is 4.06. The lowest BCUT2D eigenvalue weighted by Crippen LogP contribution is -2.32. The molecule has 0 aliphatic heterocycles. The molecule has 2 rings (SSSR count). The Kier molecular flexibility index (Phi) is 5.38. The van der Waals surface area contributed by atoms with Crippen molar-refractivity contribution >= 4 is 11.6 Å². The number of nitrogens with zero attached hydrogens (tertiary/aromatic N) is 1. The van der Waals surface area contributed by atoms with E-state index in [1.54, 1.807) is 6.20 Å². The molecule has 1 atom stereocenters. The zero-order valence-corrected chi connectivity index (χ0v) is 13.3. The fourth-order valence-corrected chi connectivity index (χ4v) is 2.93. The average Bonchev–Trinajstić information content (AvgIpc) is 2.48. The largest absolute Gasteiger partial charge is 0.385 e. The first kappa shape index (κ1) is 16.0. The summed E-state index contributed by atoms with van der Waals surface area (Å²) < 4.78 is 0. The molecular weight excluding hydrogens is 282 g/mol. The molecule has 0 spiro atoms. The Bertz CT molecular complexity index is 570. The fraction of sp³-hybridized carbons (Fsp3) is 0.389. The normalized spacial score (nSPS) is 14.1. The van der Waals surface area contributed by atoms with Crippen molar-refractivity contribution in [1.82, 2.24) is 4.98 Å². The molecule has 0 unspecified atom stereocenters. The lowest BCUT2D eigenvalue weighted by molar-refractivity contribution is -0.0201. The molecule has 1 aromatic carbocycles.